The average Bonchev–Trinajstić information content (AvgIpc) is 2.89. The molecule has 11 nitrogen and oxygen atoms in total. The summed E-state index contributed by atoms with van der Waals surface area (Å²) < 4.78 is 11.2. The fraction of sp³-hybridized carbons (Fsp3) is 0.200. The fourth-order valence-electron chi connectivity index (χ4n) is 3.68. The predicted molar refractivity (Wildman–Crippen MR) is 141 cm³/mol. The first-order valence-corrected chi connectivity index (χ1v) is 11.6. The van der Waals surface area contributed by atoms with Gasteiger partial charge in [-0.15, -0.1) is 0 Å². The lowest BCUT2D eigenvalue weighted by Gasteiger charge is -2.16. The van der Waals surface area contributed by atoms with Gasteiger partial charge in [0, 0.05) is 43.4 Å². The van der Waals surface area contributed by atoms with E-state index in [4.69, 9.17) is 31.9 Å². The fourth-order valence-corrected chi connectivity index (χ4v) is 3.90. The second-order valence-electron chi connectivity index (χ2n) is 7.92. The quantitative estimate of drug-likeness (QED) is 0.137. The Bertz CT molecular complexity index is 1530. The number of carbonyl (C=O) groups excluding carboxylic acids is 1. The minimum absolute atomic E-state index is 0.00563. The minimum atomic E-state index is -0.652. The van der Waals surface area contributed by atoms with Crippen LogP contribution in [0.5, 0.6) is 17.2 Å². The number of carbonyl (C=O) groups is 1. The van der Waals surface area contributed by atoms with E-state index in [-0.39, 0.29) is 28.6 Å². The predicted octanol–water partition coefficient (Wildman–Crippen LogP) is 2.12. The summed E-state index contributed by atoms with van der Waals surface area (Å²) in [6, 6.07) is 9.58. The molecule has 37 heavy (non-hydrogen) atoms. The summed E-state index contributed by atoms with van der Waals surface area (Å²) >= 11 is 6.43. The number of hydrogen-bond acceptors (Lipinski definition) is 10. The van der Waals surface area contributed by atoms with Crippen molar-refractivity contribution in [3.05, 3.63) is 73.6 Å². The number of halogens is 1. The van der Waals surface area contributed by atoms with Crippen molar-refractivity contribution >= 4 is 45.5 Å². The van der Waals surface area contributed by atoms with Crippen LogP contribution in [0.3, 0.4) is 0 Å². The van der Waals surface area contributed by atoms with Crippen LogP contribution in [0.2, 0.25) is 5.02 Å². The number of hydrogen-bond donors (Lipinski definition) is 5. The summed E-state index contributed by atoms with van der Waals surface area (Å²) in [5, 5.41) is 18.4. The first kappa shape index (κ1) is 25.9. The van der Waals surface area contributed by atoms with Crippen LogP contribution in [0, 0.1) is 0 Å². The third-order valence-corrected chi connectivity index (χ3v) is 5.83. The molecule has 0 aliphatic carbocycles. The summed E-state index contributed by atoms with van der Waals surface area (Å²) in [4.78, 5) is 40.2. The number of benzene rings is 2. The number of nitrogens with one attached hydrogen (secondary N) is 3. The van der Waals surface area contributed by atoms with E-state index in [1.54, 1.807) is 42.6 Å². The van der Waals surface area contributed by atoms with E-state index in [9.17, 15) is 14.4 Å². The Morgan fingerprint density at radius 2 is 1.84 bits per heavy atom. The standard InChI is InChI=1S/C25H24ClN5O6/c1-36-20-12-18-14(11-15(20)25(27)35)19(4-5-29-18)37-13-2-3-17(16(26)10-13)31-22-21(23(33)24(22)34)30-7-6-28-8-9-32/h2-5,10-12,28,30-32H,6-9H2,1H3,(H2,27,35). The Labute approximate surface area is 215 Å². The molecule has 4 rings (SSSR count). The van der Waals surface area contributed by atoms with Crippen molar-refractivity contribution in [2.24, 2.45) is 5.73 Å². The van der Waals surface area contributed by atoms with Gasteiger partial charge in [0.05, 0.1) is 35.5 Å². The number of anilines is 3. The number of aliphatic hydroxyl groups excluding tert-OH is 1. The lowest BCUT2D eigenvalue weighted by molar-refractivity contribution is 0.0997. The van der Waals surface area contributed by atoms with Gasteiger partial charge in [0.1, 0.15) is 28.6 Å². The molecule has 0 aliphatic rings. The van der Waals surface area contributed by atoms with E-state index in [1.165, 1.54) is 7.11 Å². The number of aliphatic hydroxyl groups is 1. The normalized spacial score (nSPS) is 11.0. The zero-order valence-electron chi connectivity index (χ0n) is 19.8. The van der Waals surface area contributed by atoms with Crippen molar-refractivity contribution < 1.29 is 19.4 Å². The first-order valence-electron chi connectivity index (χ1n) is 11.2. The Morgan fingerprint density at radius 1 is 1.05 bits per heavy atom. The number of pyridine rings is 1. The first-order chi connectivity index (χ1) is 17.8. The molecule has 3 aromatic carbocycles. The molecular weight excluding hydrogens is 502 g/mol. The lowest BCUT2D eigenvalue weighted by Crippen LogP contribution is -2.38. The molecule has 1 amide bonds. The Morgan fingerprint density at radius 3 is 2.54 bits per heavy atom. The van der Waals surface area contributed by atoms with Crippen molar-refractivity contribution in [1.29, 1.82) is 0 Å². The molecule has 0 bridgehead atoms. The molecule has 192 valence electrons. The summed E-state index contributed by atoms with van der Waals surface area (Å²) in [7, 11) is 1.43. The van der Waals surface area contributed by atoms with E-state index >= 15 is 0 Å². The molecule has 0 atom stereocenters. The highest BCUT2D eigenvalue weighted by Gasteiger charge is 2.21. The van der Waals surface area contributed by atoms with Crippen LogP contribution in [0.4, 0.5) is 17.1 Å². The Kier molecular flexibility index (Phi) is 7.87. The Balaban J connectivity index is 1.53. The molecule has 1 aromatic heterocycles. The van der Waals surface area contributed by atoms with Gasteiger partial charge >= 0.3 is 0 Å². The van der Waals surface area contributed by atoms with Gasteiger partial charge in [-0.1, -0.05) is 11.6 Å². The van der Waals surface area contributed by atoms with Crippen molar-refractivity contribution in [1.82, 2.24) is 10.3 Å². The second-order valence-corrected chi connectivity index (χ2v) is 8.33. The van der Waals surface area contributed by atoms with E-state index in [2.05, 4.69) is 20.9 Å². The van der Waals surface area contributed by atoms with Crippen molar-refractivity contribution in [2.75, 3.05) is 44.0 Å². The minimum Gasteiger partial charge on any atom is -0.496 e. The number of primary amides is 1. The number of ether oxygens (including phenoxy) is 2. The van der Waals surface area contributed by atoms with E-state index in [1.807, 2.05) is 0 Å². The van der Waals surface area contributed by atoms with Gasteiger partial charge in [0.2, 0.25) is 0 Å². The maximum Gasteiger partial charge on any atom is 0.253 e. The SMILES string of the molecule is COc1cc2nccc(Oc3ccc(Nc4c(NCCNCCO)c(=O)c4=O)c(Cl)c3)c2cc1C(N)=O. The van der Waals surface area contributed by atoms with Crippen LogP contribution in [-0.2, 0) is 0 Å². The maximum atomic E-state index is 12.1. The summed E-state index contributed by atoms with van der Waals surface area (Å²) in [5.41, 5.74) is 5.65. The Hall–Kier alpha value is -4.19. The molecule has 6 N–H and O–H groups in total. The molecule has 0 spiro atoms. The van der Waals surface area contributed by atoms with Gasteiger partial charge in [0.25, 0.3) is 16.8 Å². The molecule has 4 aromatic rings. The zero-order valence-corrected chi connectivity index (χ0v) is 20.5. The molecule has 1 heterocycles. The summed E-state index contributed by atoms with van der Waals surface area (Å²) in [6.07, 6.45) is 1.55. The number of rotatable bonds is 12. The highest BCUT2D eigenvalue weighted by atomic mass is 35.5. The van der Waals surface area contributed by atoms with Gasteiger partial charge in [-0.2, -0.15) is 0 Å². The van der Waals surface area contributed by atoms with Gasteiger partial charge in [-0.25, -0.2) is 0 Å². The second kappa shape index (κ2) is 11.2. The topological polar surface area (TPSA) is 165 Å². The van der Waals surface area contributed by atoms with Crippen molar-refractivity contribution in [3.8, 4) is 17.2 Å². The third-order valence-electron chi connectivity index (χ3n) is 5.52. The molecule has 0 radical (unpaired) electrons. The summed E-state index contributed by atoms with van der Waals surface area (Å²) in [5.74, 6) is 0.450. The van der Waals surface area contributed by atoms with E-state index in [0.717, 1.165) is 0 Å². The average molecular weight is 526 g/mol. The van der Waals surface area contributed by atoms with Gasteiger partial charge < -0.3 is 36.3 Å². The molecule has 0 unspecified atom stereocenters. The van der Waals surface area contributed by atoms with Crippen LogP contribution >= 0.6 is 11.6 Å². The molecular formula is C25H24ClN5O6. The molecule has 12 heteroatoms. The van der Waals surface area contributed by atoms with E-state index < -0.39 is 16.8 Å². The van der Waals surface area contributed by atoms with Crippen LogP contribution in [0.1, 0.15) is 10.4 Å². The monoisotopic (exact) mass is 525 g/mol. The summed E-state index contributed by atoms with van der Waals surface area (Å²) in [6.45, 7) is 1.33. The van der Waals surface area contributed by atoms with Gasteiger partial charge in [0.15, 0.2) is 0 Å². The van der Waals surface area contributed by atoms with Crippen LogP contribution < -0.4 is 42.0 Å². The van der Waals surface area contributed by atoms with E-state index in [0.29, 0.717) is 53.5 Å². The number of nitrogens with two attached hydrogens (primary N) is 1. The lowest BCUT2D eigenvalue weighted by atomic mass is 10.1. The van der Waals surface area contributed by atoms with Gasteiger partial charge in [-0.05, 0) is 24.3 Å². The van der Waals surface area contributed by atoms with Crippen LogP contribution in [0.15, 0.2) is 52.2 Å². The van der Waals surface area contributed by atoms with Crippen LogP contribution in [0.25, 0.3) is 10.9 Å². The highest BCUT2D eigenvalue weighted by molar-refractivity contribution is 6.33. The number of aromatic nitrogens is 1. The molecule has 0 fully saturated rings. The number of nitrogens with zero attached hydrogens (tertiary/aromatic N) is 1. The maximum absolute atomic E-state index is 12.1. The number of amides is 1. The smallest absolute Gasteiger partial charge is 0.253 e. The molecule has 0 aliphatic heterocycles. The number of fused-ring (bicyclic) bond motifs is 1. The van der Waals surface area contributed by atoms with Crippen molar-refractivity contribution in [2.45, 2.75) is 0 Å². The third kappa shape index (κ3) is 5.48. The molecule has 0 saturated heterocycles. The van der Waals surface area contributed by atoms with Crippen molar-refractivity contribution in [3.63, 3.8) is 0 Å². The van der Waals surface area contributed by atoms with Gasteiger partial charge in [-0.3, -0.25) is 19.4 Å². The molecule has 0 saturated carbocycles. The zero-order chi connectivity index (χ0) is 26.5. The number of methoxy groups -OCH3 is 1. The largest absolute Gasteiger partial charge is 0.496 e. The highest BCUT2D eigenvalue weighted by Crippen LogP contribution is 2.36. The van der Waals surface area contributed by atoms with Crippen LogP contribution in [-0.4, -0.2) is 49.3 Å².